The molecule has 1 N–H and O–H groups in total. The maximum atomic E-state index is 13.2. The zero-order valence-electron chi connectivity index (χ0n) is 17.9. The van der Waals surface area contributed by atoms with Crippen molar-refractivity contribution >= 4 is 17.6 Å². The van der Waals surface area contributed by atoms with Gasteiger partial charge in [-0.1, -0.05) is 35.5 Å². The quantitative estimate of drug-likeness (QED) is 0.587. The molecule has 0 bridgehead atoms. The highest BCUT2D eigenvalue weighted by Gasteiger charge is 2.31. The minimum absolute atomic E-state index is 0.166. The fourth-order valence-corrected chi connectivity index (χ4v) is 3.93. The summed E-state index contributed by atoms with van der Waals surface area (Å²) >= 11 is 0. The molecule has 0 aliphatic carbocycles. The molecule has 0 radical (unpaired) electrons. The van der Waals surface area contributed by atoms with Crippen LogP contribution < -0.4 is 5.32 Å². The number of benzene rings is 2. The molecular weight excluding hydrogens is 435 g/mol. The minimum Gasteiger partial charge on any atom is -0.360 e. The molecule has 1 aliphatic heterocycles. The zero-order valence-corrected chi connectivity index (χ0v) is 17.9. The van der Waals surface area contributed by atoms with E-state index in [9.17, 15) is 22.8 Å². The fraction of sp³-hybridized carbons (Fsp3) is 0.292. The van der Waals surface area contributed by atoms with Crippen molar-refractivity contribution in [1.82, 2.24) is 10.1 Å². The van der Waals surface area contributed by atoms with E-state index in [4.69, 9.17) is 4.52 Å². The van der Waals surface area contributed by atoms with Crippen LogP contribution in [0, 0.1) is 12.8 Å². The summed E-state index contributed by atoms with van der Waals surface area (Å²) in [4.78, 5) is 27.4. The molecule has 1 saturated heterocycles. The van der Waals surface area contributed by atoms with Gasteiger partial charge in [-0.25, -0.2) is 0 Å². The standard InChI is InChI=1S/C24H22F3N3O3/c1-15-14-21(29-33-15)28-22(31)17-10-12-30(13-11-17)23(32)20-5-3-2-4-19(20)16-6-8-18(9-7-16)24(25,26)27/h2-9,14,17H,10-13H2,1H3,(H,28,29,31). The zero-order chi connectivity index (χ0) is 23.6. The topological polar surface area (TPSA) is 75.4 Å². The Morgan fingerprint density at radius 2 is 1.73 bits per heavy atom. The summed E-state index contributed by atoms with van der Waals surface area (Å²) in [5.41, 5.74) is 0.774. The number of piperidine rings is 1. The summed E-state index contributed by atoms with van der Waals surface area (Å²) in [7, 11) is 0. The Kier molecular flexibility index (Phi) is 6.22. The van der Waals surface area contributed by atoms with E-state index in [2.05, 4.69) is 10.5 Å². The van der Waals surface area contributed by atoms with Gasteiger partial charge in [0.1, 0.15) is 5.76 Å². The van der Waals surface area contributed by atoms with Gasteiger partial charge in [0.25, 0.3) is 5.91 Å². The number of carbonyl (C=O) groups excluding carboxylic acids is 2. The van der Waals surface area contributed by atoms with Gasteiger partial charge in [-0.05, 0) is 49.1 Å². The Balaban J connectivity index is 1.44. The molecule has 0 unspecified atom stereocenters. The van der Waals surface area contributed by atoms with Crippen molar-refractivity contribution < 1.29 is 27.3 Å². The van der Waals surface area contributed by atoms with Crippen LogP contribution in [0.3, 0.4) is 0 Å². The first-order chi connectivity index (χ1) is 15.7. The molecule has 0 atom stereocenters. The van der Waals surface area contributed by atoms with Gasteiger partial charge in [0.15, 0.2) is 5.82 Å². The molecule has 172 valence electrons. The normalized spacial score (nSPS) is 14.8. The van der Waals surface area contributed by atoms with E-state index >= 15 is 0 Å². The molecule has 2 aromatic carbocycles. The number of halogens is 3. The number of aromatic nitrogens is 1. The van der Waals surface area contributed by atoms with Crippen molar-refractivity contribution in [2.45, 2.75) is 25.9 Å². The van der Waals surface area contributed by atoms with Gasteiger partial charge in [-0.2, -0.15) is 13.2 Å². The van der Waals surface area contributed by atoms with Gasteiger partial charge in [0, 0.05) is 30.6 Å². The number of hydrogen-bond donors (Lipinski definition) is 1. The van der Waals surface area contributed by atoms with Crippen LogP contribution in [-0.2, 0) is 11.0 Å². The summed E-state index contributed by atoms with van der Waals surface area (Å²) in [5, 5.41) is 6.48. The molecule has 1 aliphatic rings. The van der Waals surface area contributed by atoms with Crippen molar-refractivity contribution in [2.75, 3.05) is 18.4 Å². The van der Waals surface area contributed by atoms with E-state index in [-0.39, 0.29) is 17.7 Å². The fourth-order valence-electron chi connectivity index (χ4n) is 3.93. The highest BCUT2D eigenvalue weighted by Crippen LogP contribution is 2.32. The predicted molar refractivity (Wildman–Crippen MR) is 115 cm³/mol. The lowest BCUT2D eigenvalue weighted by atomic mass is 9.94. The molecule has 1 aromatic heterocycles. The lowest BCUT2D eigenvalue weighted by Crippen LogP contribution is -2.41. The predicted octanol–water partition coefficient (Wildman–Crippen LogP) is 5.16. The van der Waals surface area contributed by atoms with Gasteiger partial charge in [-0.3, -0.25) is 9.59 Å². The first kappa shape index (κ1) is 22.6. The van der Waals surface area contributed by atoms with Gasteiger partial charge >= 0.3 is 6.18 Å². The lowest BCUT2D eigenvalue weighted by molar-refractivity contribution is -0.137. The van der Waals surface area contributed by atoms with Gasteiger partial charge in [-0.15, -0.1) is 0 Å². The smallest absolute Gasteiger partial charge is 0.360 e. The Labute approximate surface area is 188 Å². The average Bonchev–Trinajstić information content (AvgIpc) is 3.22. The number of likely N-dealkylation sites (tertiary alicyclic amines) is 1. The number of rotatable bonds is 4. The number of anilines is 1. The number of hydrogen-bond acceptors (Lipinski definition) is 4. The monoisotopic (exact) mass is 457 g/mol. The molecule has 33 heavy (non-hydrogen) atoms. The number of carbonyl (C=O) groups is 2. The molecule has 0 spiro atoms. The van der Waals surface area contributed by atoms with Crippen molar-refractivity contribution in [3.63, 3.8) is 0 Å². The third-order valence-corrected chi connectivity index (χ3v) is 5.71. The first-order valence-corrected chi connectivity index (χ1v) is 10.5. The number of alkyl halides is 3. The largest absolute Gasteiger partial charge is 0.416 e. The lowest BCUT2D eigenvalue weighted by Gasteiger charge is -2.31. The Bertz CT molecular complexity index is 1150. The number of aryl methyl sites for hydroxylation is 1. The highest BCUT2D eigenvalue weighted by atomic mass is 19.4. The van der Waals surface area contributed by atoms with E-state index in [1.54, 1.807) is 42.2 Å². The molecule has 4 rings (SSSR count). The number of nitrogens with one attached hydrogen (secondary N) is 1. The van der Waals surface area contributed by atoms with Crippen LogP contribution in [0.1, 0.15) is 34.5 Å². The van der Waals surface area contributed by atoms with Crippen molar-refractivity contribution in [3.05, 3.63) is 71.5 Å². The van der Waals surface area contributed by atoms with Crippen LogP contribution in [0.4, 0.5) is 19.0 Å². The van der Waals surface area contributed by atoms with Crippen LogP contribution >= 0.6 is 0 Å². The molecule has 0 saturated carbocycles. The number of amides is 2. The maximum Gasteiger partial charge on any atom is 0.416 e. The van der Waals surface area contributed by atoms with Crippen molar-refractivity contribution in [1.29, 1.82) is 0 Å². The average molecular weight is 457 g/mol. The Morgan fingerprint density at radius 3 is 2.33 bits per heavy atom. The van der Waals surface area contributed by atoms with E-state index in [1.807, 2.05) is 0 Å². The first-order valence-electron chi connectivity index (χ1n) is 10.5. The Hall–Kier alpha value is -3.62. The summed E-state index contributed by atoms with van der Waals surface area (Å²) in [6.07, 6.45) is -3.43. The Morgan fingerprint density at radius 1 is 1.06 bits per heavy atom. The van der Waals surface area contributed by atoms with Crippen LogP contribution in [0.15, 0.2) is 59.1 Å². The second kappa shape index (κ2) is 9.09. The van der Waals surface area contributed by atoms with E-state index in [0.717, 1.165) is 12.1 Å². The van der Waals surface area contributed by atoms with E-state index in [1.165, 1.54) is 12.1 Å². The number of nitrogens with zero attached hydrogens (tertiary/aromatic N) is 2. The van der Waals surface area contributed by atoms with Gasteiger partial charge in [0.2, 0.25) is 5.91 Å². The van der Waals surface area contributed by atoms with Crippen molar-refractivity contribution in [3.8, 4) is 11.1 Å². The molecule has 2 heterocycles. The van der Waals surface area contributed by atoms with Crippen LogP contribution in [0.2, 0.25) is 0 Å². The third kappa shape index (κ3) is 5.08. The van der Waals surface area contributed by atoms with Crippen LogP contribution in [0.25, 0.3) is 11.1 Å². The third-order valence-electron chi connectivity index (χ3n) is 5.71. The maximum absolute atomic E-state index is 13.2. The molecule has 3 aromatic rings. The second-order valence-electron chi connectivity index (χ2n) is 8.00. The molecule has 9 heteroatoms. The molecule has 2 amide bonds. The second-order valence-corrected chi connectivity index (χ2v) is 8.00. The summed E-state index contributed by atoms with van der Waals surface area (Å²) in [6, 6.07) is 13.3. The summed E-state index contributed by atoms with van der Waals surface area (Å²) < 4.78 is 43.6. The van der Waals surface area contributed by atoms with E-state index in [0.29, 0.717) is 54.2 Å². The SMILES string of the molecule is Cc1cc(NC(=O)C2CCN(C(=O)c3ccccc3-c3ccc(C(F)(F)F)cc3)CC2)no1. The van der Waals surface area contributed by atoms with E-state index < -0.39 is 11.7 Å². The summed E-state index contributed by atoms with van der Waals surface area (Å²) in [6.45, 7) is 2.53. The van der Waals surface area contributed by atoms with Crippen molar-refractivity contribution in [2.24, 2.45) is 5.92 Å². The van der Waals surface area contributed by atoms with Crippen LogP contribution in [-0.4, -0.2) is 35.0 Å². The highest BCUT2D eigenvalue weighted by molar-refractivity contribution is 6.01. The molecule has 1 fully saturated rings. The van der Waals surface area contributed by atoms with Gasteiger partial charge < -0.3 is 14.7 Å². The minimum atomic E-state index is -4.42. The van der Waals surface area contributed by atoms with Gasteiger partial charge in [0.05, 0.1) is 5.56 Å². The van der Waals surface area contributed by atoms with Crippen LogP contribution in [0.5, 0.6) is 0 Å². The molecular formula is C24H22F3N3O3. The summed E-state index contributed by atoms with van der Waals surface area (Å²) in [5.74, 6) is 0.326. The molecule has 6 nitrogen and oxygen atoms in total.